The summed E-state index contributed by atoms with van der Waals surface area (Å²) in [5, 5.41) is 3.45. The number of anilines is 2. The van der Waals surface area contributed by atoms with Crippen molar-refractivity contribution in [3.63, 3.8) is 0 Å². The lowest BCUT2D eigenvalue weighted by Crippen LogP contribution is -1.93. The Morgan fingerprint density at radius 2 is 0.708 bits per heavy atom. The Morgan fingerprint density at radius 1 is 0.417 bits per heavy atom. The van der Waals surface area contributed by atoms with Gasteiger partial charge in [0.1, 0.15) is 23.1 Å². The minimum Gasteiger partial charge on any atom is -0.497 e. The molecule has 0 aromatic heterocycles. The summed E-state index contributed by atoms with van der Waals surface area (Å²) in [5.74, 6) is 2.15. The highest BCUT2D eigenvalue weighted by Crippen LogP contribution is 2.32. The van der Waals surface area contributed by atoms with Gasteiger partial charge >= 0.3 is 0 Å². The molecule has 48 heavy (non-hydrogen) atoms. The van der Waals surface area contributed by atoms with Gasteiger partial charge in [0, 0.05) is 11.4 Å². The van der Waals surface area contributed by atoms with Crippen LogP contribution >= 0.6 is 0 Å². The van der Waals surface area contributed by atoms with E-state index in [0.717, 1.165) is 73.2 Å². The van der Waals surface area contributed by atoms with E-state index in [1.807, 2.05) is 60.7 Å². The van der Waals surface area contributed by atoms with Crippen LogP contribution in [0.15, 0.2) is 146 Å². The molecule has 0 aliphatic carbocycles. The van der Waals surface area contributed by atoms with Crippen molar-refractivity contribution < 1.29 is 18.6 Å². The second-order valence-electron chi connectivity index (χ2n) is 11.2. The highest BCUT2D eigenvalue weighted by molar-refractivity contribution is 5.94. The van der Waals surface area contributed by atoms with Crippen LogP contribution in [0.1, 0.15) is 33.4 Å². The number of benzene rings is 6. The molecule has 1 N–H and O–H groups in total. The molecule has 5 heteroatoms. The first kappa shape index (κ1) is 31.9. The highest BCUT2D eigenvalue weighted by atomic mass is 19.1. The number of nitrogens with one attached hydrogen (secondary N) is 1. The summed E-state index contributed by atoms with van der Waals surface area (Å²) in [5.41, 5.74) is 10.3. The zero-order valence-electron chi connectivity index (χ0n) is 27.1. The average Bonchev–Trinajstić information content (AvgIpc) is 3.15. The number of halogens is 1. The third-order valence-corrected chi connectivity index (χ3v) is 8.09. The molecule has 0 amide bonds. The van der Waals surface area contributed by atoms with E-state index >= 15 is 0 Å². The fourth-order valence-corrected chi connectivity index (χ4v) is 5.43. The maximum atomic E-state index is 13.7. The first-order valence-electron chi connectivity index (χ1n) is 15.6. The second kappa shape index (κ2) is 15.0. The van der Waals surface area contributed by atoms with Crippen LogP contribution in [0.25, 0.3) is 23.3 Å². The largest absolute Gasteiger partial charge is 0.497 e. The van der Waals surface area contributed by atoms with E-state index in [1.54, 1.807) is 33.5 Å². The molecule has 0 fully saturated rings. The lowest BCUT2D eigenvalue weighted by Gasteiger charge is -2.14. The molecule has 0 unspecified atom stereocenters. The van der Waals surface area contributed by atoms with Crippen LogP contribution in [0.4, 0.5) is 15.8 Å². The monoisotopic (exact) mass is 633 g/mol. The molecule has 0 spiro atoms. The molecular weight excluding hydrogens is 597 g/mol. The van der Waals surface area contributed by atoms with Gasteiger partial charge in [-0.25, -0.2) is 4.39 Å². The van der Waals surface area contributed by atoms with E-state index in [1.165, 1.54) is 12.1 Å². The van der Waals surface area contributed by atoms with E-state index in [-0.39, 0.29) is 5.82 Å². The van der Waals surface area contributed by atoms with Gasteiger partial charge in [-0.15, -0.1) is 0 Å². The number of hydrogen-bond acceptors (Lipinski definition) is 4. The number of methoxy groups -OCH3 is 3. The predicted molar refractivity (Wildman–Crippen MR) is 195 cm³/mol. The minimum absolute atomic E-state index is 0.261. The Bertz CT molecular complexity index is 2000. The summed E-state index contributed by atoms with van der Waals surface area (Å²) in [6.07, 6.45) is 4.28. The Labute approximate surface area is 281 Å². The van der Waals surface area contributed by atoms with Gasteiger partial charge in [0.25, 0.3) is 0 Å². The third kappa shape index (κ3) is 7.83. The Hall–Kier alpha value is -6.07. The second-order valence-corrected chi connectivity index (χ2v) is 11.2. The highest BCUT2D eigenvalue weighted by Gasteiger charge is 2.11. The molecule has 0 aliphatic rings. The molecule has 0 saturated carbocycles. The van der Waals surface area contributed by atoms with Crippen molar-refractivity contribution in [1.29, 1.82) is 0 Å². The summed E-state index contributed by atoms with van der Waals surface area (Å²) in [7, 11) is 4.99. The van der Waals surface area contributed by atoms with Gasteiger partial charge in [-0.1, -0.05) is 72.8 Å². The van der Waals surface area contributed by atoms with Crippen LogP contribution in [0.5, 0.6) is 17.2 Å². The van der Waals surface area contributed by atoms with Crippen molar-refractivity contribution in [2.24, 2.45) is 0 Å². The smallest absolute Gasteiger partial charge is 0.123 e. The first-order valence-corrected chi connectivity index (χ1v) is 15.6. The van der Waals surface area contributed by atoms with E-state index in [0.29, 0.717) is 0 Å². The van der Waals surface area contributed by atoms with Gasteiger partial charge in [-0.3, -0.25) is 0 Å². The van der Waals surface area contributed by atoms with Gasteiger partial charge in [0.15, 0.2) is 0 Å². The Balaban J connectivity index is 1.34. The summed E-state index contributed by atoms with van der Waals surface area (Å²) < 4.78 is 29.8. The van der Waals surface area contributed by atoms with E-state index in [9.17, 15) is 4.39 Å². The molecule has 0 atom stereocenters. The number of rotatable bonds is 11. The molecule has 0 radical (unpaired) electrons. The lowest BCUT2D eigenvalue weighted by atomic mass is 9.91. The van der Waals surface area contributed by atoms with Crippen LogP contribution in [0.3, 0.4) is 0 Å². The van der Waals surface area contributed by atoms with Gasteiger partial charge < -0.3 is 19.5 Å². The fraction of sp³-hybridized carbons (Fsp3) is 0.0698. The Kier molecular flexibility index (Phi) is 9.98. The predicted octanol–water partition coefficient (Wildman–Crippen LogP) is 10.8. The molecule has 0 heterocycles. The normalized spacial score (nSPS) is 11.6. The quantitative estimate of drug-likeness (QED) is 0.144. The van der Waals surface area contributed by atoms with Crippen LogP contribution in [-0.4, -0.2) is 21.3 Å². The van der Waals surface area contributed by atoms with Crippen molar-refractivity contribution in [3.05, 3.63) is 185 Å². The van der Waals surface area contributed by atoms with Gasteiger partial charge in [0.05, 0.1) is 21.3 Å². The maximum Gasteiger partial charge on any atom is 0.123 e. The van der Waals surface area contributed by atoms with Crippen molar-refractivity contribution >= 4 is 34.7 Å². The average molecular weight is 634 g/mol. The van der Waals surface area contributed by atoms with E-state index < -0.39 is 0 Å². The minimum atomic E-state index is -0.261. The molecule has 6 aromatic rings. The summed E-state index contributed by atoms with van der Waals surface area (Å²) >= 11 is 0. The maximum absolute atomic E-state index is 13.7. The molecule has 0 bridgehead atoms. The fourth-order valence-electron chi connectivity index (χ4n) is 5.43. The topological polar surface area (TPSA) is 39.7 Å². The molecule has 0 saturated heterocycles. The third-order valence-electron chi connectivity index (χ3n) is 8.09. The summed E-state index contributed by atoms with van der Waals surface area (Å²) in [6.45, 7) is 0. The SMILES string of the molecule is COc1ccc(Nc2ccc(/C=C(\c3ccc(OC)cc3)c3ccc(/C(=C/c4ccc(F)cc4)c4ccc(OC)cc4)cc3)cc2)cc1. The Morgan fingerprint density at radius 3 is 1.06 bits per heavy atom. The zero-order chi connectivity index (χ0) is 33.3. The van der Waals surface area contributed by atoms with Gasteiger partial charge in [0.2, 0.25) is 0 Å². The van der Waals surface area contributed by atoms with Gasteiger partial charge in [-0.2, -0.15) is 0 Å². The van der Waals surface area contributed by atoms with Crippen molar-refractivity contribution in [2.75, 3.05) is 26.6 Å². The lowest BCUT2D eigenvalue weighted by molar-refractivity contribution is 0.414. The van der Waals surface area contributed by atoms with Crippen molar-refractivity contribution in [2.45, 2.75) is 0 Å². The summed E-state index contributed by atoms with van der Waals surface area (Å²) in [6, 6.07) is 47.4. The van der Waals surface area contributed by atoms with E-state index in [2.05, 4.69) is 78.1 Å². The van der Waals surface area contributed by atoms with Gasteiger partial charge in [-0.05, 0) is 129 Å². The molecule has 238 valence electrons. The van der Waals surface area contributed by atoms with Crippen LogP contribution < -0.4 is 19.5 Å². The molecule has 6 aromatic carbocycles. The van der Waals surface area contributed by atoms with E-state index in [4.69, 9.17) is 14.2 Å². The molecule has 4 nitrogen and oxygen atoms in total. The van der Waals surface area contributed by atoms with Crippen LogP contribution in [-0.2, 0) is 0 Å². The van der Waals surface area contributed by atoms with Crippen molar-refractivity contribution in [1.82, 2.24) is 0 Å². The van der Waals surface area contributed by atoms with Crippen LogP contribution in [0, 0.1) is 5.82 Å². The number of hydrogen-bond donors (Lipinski definition) is 1. The van der Waals surface area contributed by atoms with Crippen LogP contribution in [0.2, 0.25) is 0 Å². The zero-order valence-corrected chi connectivity index (χ0v) is 27.1. The molecule has 0 aliphatic heterocycles. The standard InChI is InChI=1S/C43H36FNO3/c1-46-39-22-12-34(13-23-39)42(28-30-4-16-36(44)17-5-30)32-8-10-33(11-9-32)43(35-14-24-40(47-2)25-15-35)29-31-6-18-37(19-7-31)45-38-20-26-41(48-3)27-21-38/h4-29,45H,1-3H3/b42-28-,43-29-. The van der Waals surface area contributed by atoms with Crippen molar-refractivity contribution in [3.8, 4) is 17.2 Å². The molecular formula is C43H36FNO3. The molecule has 6 rings (SSSR count). The summed E-state index contributed by atoms with van der Waals surface area (Å²) in [4.78, 5) is 0. The first-order chi connectivity index (χ1) is 23.5. The number of ether oxygens (including phenoxy) is 3.